The third-order valence-corrected chi connectivity index (χ3v) is 5.62. The van der Waals surface area contributed by atoms with E-state index in [2.05, 4.69) is 32.7 Å². The van der Waals surface area contributed by atoms with E-state index in [1.54, 1.807) is 0 Å². The summed E-state index contributed by atoms with van der Waals surface area (Å²) >= 11 is 0. The van der Waals surface area contributed by atoms with E-state index in [1.165, 1.54) is 21.9 Å². The topological polar surface area (TPSA) is 108 Å². The van der Waals surface area contributed by atoms with E-state index in [1.807, 2.05) is 48.8 Å². The number of hydrogen-bond acceptors (Lipinski definition) is 4. The van der Waals surface area contributed by atoms with E-state index < -0.39 is 0 Å². The summed E-state index contributed by atoms with van der Waals surface area (Å²) in [7, 11) is 0. The first-order chi connectivity index (χ1) is 16.7. The summed E-state index contributed by atoms with van der Waals surface area (Å²) < 4.78 is 10.7. The molecule has 0 unspecified atom stereocenters. The van der Waals surface area contributed by atoms with Gasteiger partial charge in [0, 0.05) is 47.3 Å². The van der Waals surface area contributed by atoms with Gasteiger partial charge in [-0.15, -0.1) is 0 Å². The van der Waals surface area contributed by atoms with Crippen molar-refractivity contribution >= 4 is 33.6 Å². The van der Waals surface area contributed by atoms with Crippen molar-refractivity contribution in [3.8, 4) is 0 Å². The monoisotopic (exact) mass is 462 g/mol. The zero-order chi connectivity index (χ0) is 23.6. The van der Waals surface area contributed by atoms with Crippen molar-refractivity contribution in [3.63, 3.8) is 0 Å². The summed E-state index contributed by atoms with van der Waals surface area (Å²) in [6, 6.07) is 16.2. The normalized spacial score (nSPS) is 11.2. The molecule has 0 aliphatic carbocycles. The molecule has 0 saturated heterocycles. The van der Waals surface area contributed by atoms with Gasteiger partial charge in [0.15, 0.2) is 0 Å². The van der Waals surface area contributed by atoms with E-state index >= 15 is 0 Å². The number of para-hydroxylation sites is 2. The van der Waals surface area contributed by atoms with E-state index in [9.17, 15) is 9.59 Å². The molecule has 0 aliphatic rings. The molecule has 4 rings (SSSR count). The molecule has 2 aromatic heterocycles. The summed E-state index contributed by atoms with van der Waals surface area (Å²) in [5, 5.41) is 8.06. The maximum atomic E-state index is 11.9. The molecule has 0 saturated carbocycles. The maximum absolute atomic E-state index is 11.9. The SMILES string of the molecule is O=C(COCCOCC(=O)NCCc1c[nH]c2ccccc12)NCCc1c[nH]c2ccccc12. The average Bonchev–Trinajstić information content (AvgIpc) is 3.46. The molecule has 8 heteroatoms. The van der Waals surface area contributed by atoms with Crippen LogP contribution >= 0.6 is 0 Å². The van der Waals surface area contributed by atoms with Crippen LogP contribution in [0, 0.1) is 0 Å². The first kappa shape index (κ1) is 23.5. The number of carbonyl (C=O) groups is 2. The molecule has 0 bridgehead atoms. The standard InChI is InChI=1S/C26H30N4O4/c31-25(27-11-9-19-15-29-23-7-3-1-5-21(19)23)17-33-13-14-34-18-26(32)28-12-10-20-16-30-24-8-4-2-6-22(20)24/h1-8,15-16,29-30H,9-14,17-18H2,(H,27,31)(H,28,32). The van der Waals surface area contributed by atoms with Crippen molar-refractivity contribution < 1.29 is 19.1 Å². The fourth-order valence-electron chi connectivity index (χ4n) is 3.90. The second-order valence-corrected chi connectivity index (χ2v) is 8.02. The minimum Gasteiger partial charge on any atom is -0.369 e. The highest BCUT2D eigenvalue weighted by atomic mass is 16.5. The van der Waals surface area contributed by atoms with Crippen LogP contribution in [0.15, 0.2) is 60.9 Å². The minimum atomic E-state index is -0.171. The van der Waals surface area contributed by atoms with Crippen LogP contribution < -0.4 is 10.6 Å². The van der Waals surface area contributed by atoms with Crippen molar-refractivity contribution in [3.05, 3.63) is 72.1 Å². The second-order valence-electron chi connectivity index (χ2n) is 8.02. The zero-order valence-electron chi connectivity index (χ0n) is 19.1. The summed E-state index contributed by atoms with van der Waals surface area (Å²) in [5.41, 5.74) is 4.53. The Balaban J connectivity index is 1.01. The lowest BCUT2D eigenvalue weighted by molar-refractivity contribution is -0.129. The molecule has 0 spiro atoms. The van der Waals surface area contributed by atoms with Crippen LogP contribution in [0.1, 0.15) is 11.1 Å². The first-order valence-electron chi connectivity index (χ1n) is 11.5. The molecule has 0 atom stereocenters. The van der Waals surface area contributed by atoms with Crippen LogP contribution in [0.5, 0.6) is 0 Å². The van der Waals surface area contributed by atoms with Gasteiger partial charge in [0.1, 0.15) is 13.2 Å². The lowest BCUT2D eigenvalue weighted by Gasteiger charge is -2.08. The number of aromatic amines is 2. The fourth-order valence-corrected chi connectivity index (χ4v) is 3.90. The lowest BCUT2D eigenvalue weighted by atomic mass is 10.1. The highest BCUT2D eigenvalue weighted by Gasteiger charge is 2.07. The van der Waals surface area contributed by atoms with Gasteiger partial charge >= 0.3 is 0 Å². The molecular weight excluding hydrogens is 432 g/mol. The number of fused-ring (bicyclic) bond motifs is 2. The number of hydrogen-bond donors (Lipinski definition) is 4. The highest BCUT2D eigenvalue weighted by molar-refractivity contribution is 5.84. The van der Waals surface area contributed by atoms with Gasteiger partial charge in [0.05, 0.1) is 13.2 Å². The molecule has 34 heavy (non-hydrogen) atoms. The van der Waals surface area contributed by atoms with Crippen LogP contribution in [0.2, 0.25) is 0 Å². The molecular formula is C26H30N4O4. The molecule has 8 nitrogen and oxygen atoms in total. The Morgan fingerprint density at radius 3 is 1.59 bits per heavy atom. The van der Waals surface area contributed by atoms with Gasteiger partial charge in [-0.2, -0.15) is 0 Å². The predicted octanol–water partition coefficient (Wildman–Crippen LogP) is 2.70. The van der Waals surface area contributed by atoms with E-state index in [-0.39, 0.29) is 38.2 Å². The molecule has 4 N–H and O–H groups in total. The molecule has 0 fully saturated rings. The second kappa shape index (κ2) is 12.0. The number of rotatable bonds is 13. The molecule has 2 heterocycles. The largest absolute Gasteiger partial charge is 0.369 e. The third kappa shape index (κ3) is 6.46. The number of amides is 2. The summed E-state index contributed by atoms with van der Waals surface area (Å²) in [6.45, 7) is 1.51. The number of aromatic nitrogens is 2. The summed E-state index contributed by atoms with van der Waals surface area (Å²) in [4.78, 5) is 30.3. The zero-order valence-corrected chi connectivity index (χ0v) is 19.1. The number of ether oxygens (including phenoxy) is 2. The van der Waals surface area contributed by atoms with Gasteiger partial charge in [-0.3, -0.25) is 9.59 Å². The smallest absolute Gasteiger partial charge is 0.246 e. The average molecular weight is 463 g/mol. The van der Waals surface area contributed by atoms with Gasteiger partial charge in [0.25, 0.3) is 0 Å². The van der Waals surface area contributed by atoms with Gasteiger partial charge in [0.2, 0.25) is 11.8 Å². The number of carbonyl (C=O) groups excluding carboxylic acids is 2. The van der Waals surface area contributed by atoms with Gasteiger partial charge in [-0.1, -0.05) is 36.4 Å². The van der Waals surface area contributed by atoms with Gasteiger partial charge in [-0.25, -0.2) is 0 Å². The molecule has 178 valence electrons. The Labute approximate surface area is 198 Å². The Morgan fingerprint density at radius 1 is 0.676 bits per heavy atom. The molecule has 0 aliphatic heterocycles. The van der Waals surface area contributed by atoms with Crippen molar-refractivity contribution in [1.82, 2.24) is 20.6 Å². The number of nitrogens with one attached hydrogen (secondary N) is 4. The Hall–Kier alpha value is -3.62. The summed E-state index contributed by atoms with van der Waals surface area (Å²) in [5.74, 6) is -0.343. The summed E-state index contributed by atoms with van der Waals surface area (Å²) in [6.07, 6.45) is 5.44. The van der Waals surface area contributed by atoms with E-state index in [4.69, 9.17) is 9.47 Å². The van der Waals surface area contributed by atoms with Crippen molar-refractivity contribution in [1.29, 1.82) is 0 Å². The van der Waals surface area contributed by atoms with Crippen molar-refractivity contribution in [2.45, 2.75) is 12.8 Å². The van der Waals surface area contributed by atoms with Crippen LogP contribution in [-0.4, -0.2) is 61.3 Å². The highest BCUT2D eigenvalue weighted by Crippen LogP contribution is 2.18. The molecule has 4 aromatic rings. The lowest BCUT2D eigenvalue weighted by Crippen LogP contribution is -2.31. The van der Waals surface area contributed by atoms with Crippen molar-refractivity contribution in [2.75, 3.05) is 39.5 Å². The van der Waals surface area contributed by atoms with Crippen LogP contribution in [-0.2, 0) is 31.9 Å². The molecule has 2 aromatic carbocycles. The molecule has 0 radical (unpaired) electrons. The van der Waals surface area contributed by atoms with Gasteiger partial charge < -0.3 is 30.1 Å². The quantitative estimate of drug-likeness (QED) is 0.229. The Morgan fingerprint density at radius 2 is 1.12 bits per heavy atom. The van der Waals surface area contributed by atoms with Crippen LogP contribution in [0.4, 0.5) is 0 Å². The van der Waals surface area contributed by atoms with E-state index in [0.717, 1.165) is 23.9 Å². The molecule has 2 amide bonds. The van der Waals surface area contributed by atoms with Crippen molar-refractivity contribution in [2.24, 2.45) is 0 Å². The fraction of sp³-hybridized carbons (Fsp3) is 0.308. The van der Waals surface area contributed by atoms with Crippen LogP contribution in [0.3, 0.4) is 0 Å². The Kier molecular flexibility index (Phi) is 8.32. The predicted molar refractivity (Wildman–Crippen MR) is 132 cm³/mol. The van der Waals surface area contributed by atoms with Crippen LogP contribution in [0.25, 0.3) is 21.8 Å². The first-order valence-corrected chi connectivity index (χ1v) is 11.5. The Bertz CT molecular complexity index is 1130. The van der Waals surface area contributed by atoms with Gasteiger partial charge in [-0.05, 0) is 36.1 Å². The number of H-pyrrole nitrogens is 2. The third-order valence-electron chi connectivity index (χ3n) is 5.62. The maximum Gasteiger partial charge on any atom is 0.246 e. The number of benzene rings is 2. The van der Waals surface area contributed by atoms with E-state index in [0.29, 0.717) is 13.1 Å². The minimum absolute atomic E-state index is 0.0337.